The van der Waals surface area contributed by atoms with Crippen molar-refractivity contribution in [1.82, 2.24) is 9.88 Å². The zero-order chi connectivity index (χ0) is 19.8. The number of benzene rings is 1. The van der Waals surface area contributed by atoms with Crippen LogP contribution in [-0.4, -0.2) is 42.5 Å². The number of halogens is 1. The van der Waals surface area contributed by atoms with Crippen molar-refractivity contribution in [2.45, 2.75) is 19.9 Å². The van der Waals surface area contributed by atoms with Crippen LogP contribution in [-0.2, 0) is 16.1 Å². The number of amides is 2. The van der Waals surface area contributed by atoms with Crippen LogP contribution in [0.15, 0.2) is 36.7 Å². The molecule has 0 aliphatic carbocycles. The Kier molecular flexibility index (Phi) is 7.43. The van der Waals surface area contributed by atoms with Crippen molar-refractivity contribution in [3.05, 3.63) is 47.2 Å². The number of nitrogens with one attached hydrogen (secondary N) is 1. The summed E-state index contributed by atoms with van der Waals surface area (Å²) in [5.74, 6) is 0.495. The molecule has 8 heteroatoms. The van der Waals surface area contributed by atoms with E-state index in [4.69, 9.17) is 21.1 Å². The Balaban J connectivity index is 2.01. The molecule has 27 heavy (non-hydrogen) atoms. The van der Waals surface area contributed by atoms with Crippen molar-refractivity contribution in [1.29, 1.82) is 0 Å². The molecule has 2 aromatic rings. The summed E-state index contributed by atoms with van der Waals surface area (Å²) in [6, 6.07) is 6.84. The fourth-order valence-electron chi connectivity index (χ4n) is 2.46. The van der Waals surface area contributed by atoms with Crippen LogP contribution in [0.25, 0.3) is 0 Å². The summed E-state index contributed by atoms with van der Waals surface area (Å²) in [4.78, 5) is 29.8. The van der Waals surface area contributed by atoms with Gasteiger partial charge in [-0.05, 0) is 17.7 Å². The molecular weight excluding hydrogens is 370 g/mol. The molecule has 144 valence electrons. The van der Waals surface area contributed by atoms with Gasteiger partial charge in [-0.3, -0.25) is 14.6 Å². The van der Waals surface area contributed by atoms with Crippen LogP contribution >= 0.6 is 11.6 Å². The number of carbonyl (C=O) groups is 2. The second-order valence-electron chi connectivity index (χ2n) is 5.78. The van der Waals surface area contributed by atoms with Crippen molar-refractivity contribution in [3.8, 4) is 11.5 Å². The fourth-order valence-corrected chi connectivity index (χ4v) is 2.69. The molecule has 0 aliphatic heterocycles. The lowest BCUT2D eigenvalue weighted by atomic mass is 10.2. The molecule has 0 radical (unpaired) electrons. The molecule has 7 nitrogen and oxygen atoms in total. The summed E-state index contributed by atoms with van der Waals surface area (Å²) in [7, 11) is 2.98. The number of ether oxygens (including phenoxy) is 2. The lowest BCUT2D eigenvalue weighted by Crippen LogP contribution is -2.31. The van der Waals surface area contributed by atoms with Crippen LogP contribution < -0.4 is 14.8 Å². The largest absolute Gasteiger partial charge is 0.495 e. The molecule has 0 saturated carbocycles. The number of nitrogens with zero attached hydrogens (tertiary/aromatic N) is 2. The summed E-state index contributed by atoms with van der Waals surface area (Å²) in [5.41, 5.74) is 1.40. The molecule has 0 unspecified atom stereocenters. The summed E-state index contributed by atoms with van der Waals surface area (Å²) in [5, 5.41) is 3.15. The summed E-state index contributed by atoms with van der Waals surface area (Å²) >= 11 is 6.07. The highest BCUT2D eigenvalue weighted by Crippen LogP contribution is 2.35. The van der Waals surface area contributed by atoms with Crippen LogP contribution in [0.5, 0.6) is 11.5 Å². The maximum atomic E-state index is 12.4. The van der Waals surface area contributed by atoms with Gasteiger partial charge in [0.2, 0.25) is 11.8 Å². The van der Waals surface area contributed by atoms with Gasteiger partial charge in [0.15, 0.2) is 0 Å². The van der Waals surface area contributed by atoms with Crippen molar-refractivity contribution in [3.63, 3.8) is 0 Å². The summed E-state index contributed by atoms with van der Waals surface area (Å²) in [6.07, 6.45) is 3.47. The monoisotopic (exact) mass is 391 g/mol. The third-order valence-electron chi connectivity index (χ3n) is 3.92. The van der Waals surface area contributed by atoms with Gasteiger partial charge in [-0.2, -0.15) is 0 Å². The standard InChI is InChI=1S/C19H22ClN3O4/c1-13(24)23(12-14-4-7-21-8-5-14)9-6-19(25)22-16-11-17(26-2)15(20)10-18(16)27-3/h4-5,7-8,10-11H,6,9,12H2,1-3H3,(H,22,25). The molecule has 0 bridgehead atoms. The quantitative estimate of drug-likeness (QED) is 0.747. The second-order valence-corrected chi connectivity index (χ2v) is 6.19. The first-order chi connectivity index (χ1) is 12.9. The van der Waals surface area contributed by atoms with Crippen LogP contribution in [0.4, 0.5) is 5.69 Å². The van der Waals surface area contributed by atoms with Gasteiger partial charge in [0.05, 0.1) is 24.9 Å². The zero-order valence-corrected chi connectivity index (χ0v) is 16.2. The molecular formula is C19H22ClN3O4. The Morgan fingerprint density at radius 3 is 2.41 bits per heavy atom. The highest BCUT2D eigenvalue weighted by Gasteiger charge is 2.15. The van der Waals surface area contributed by atoms with Gasteiger partial charge >= 0.3 is 0 Å². The number of anilines is 1. The van der Waals surface area contributed by atoms with Gasteiger partial charge in [0.1, 0.15) is 11.5 Å². The van der Waals surface area contributed by atoms with Gasteiger partial charge in [0.25, 0.3) is 0 Å². The van der Waals surface area contributed by atoms with E-state index >= 15 is 0 Å². The molecule has 2 amide bonds. The molecule has 0 aliphatic rings. The van der Waals surface area contributed by atoms with Crippen molar-refractivity contribution in [2.75, 3.05) is 26.1 Å². The lowest BCUT2D eigenvalue weighted by molar-refractivity contribution is -0.129. The van der Waals surface area contributed by atoms with E-state index in [1.54, 1.807) is 29.4 Å². The lowest BCUT2D eigenvalue weighted by Gasteiger charge is -2.21. The van der Waals surface area contributed by atoms with Crippen molar-refractivity contribution >= 4 is 29.1 Å². The number of carbonyl (C=O) groups excluding carboxylic acids is 2. The van der Waals surface area contributed by atoms with Gasteiger partial charge < -0.3 is 19.7 Å². The number of hydrogen-bond donors (Lipinski definition) is 1. The fraction of sp³-hybridized carbons (Fsp3) is 0.316. The highest BCUT2D eigenvalue weighted by atomic mass is 35.5. The summed E-state index contributed by atoms with van der Waals surface area (Å²) in [6.45, 7) is 2.19. The first-order valence-corrected chi connectivity index (χ1v) is 8.68. The highest BCUT2D eigenvalue weighted by molar-refractivity contribution is 6.32. The van der Waals surface area contributed by atoms with E-state index in [0.717, 1.165) is 5.56 Å². The average molecular weight is 392 g/mol. The van der Waals surface area contributed by atoms with Crippen molar-refractivity contribution < 1.29 is 19.1 Å². The Labute approximate surface area is 163 Å². The Bertz CT molecular complexity index is 799. The first kappa shape index (κ1) is 20.5. The summed E-state index contributed by atoms with van der Waals surface area (Å²) < 4.78 is 10.4. The average Bonchev–Trinajstić information content (AvgIpc) is 2.66. The predicted molar refractivity (Wildman–Crippen MR) is 103 cm³/mol. The number of methoxy groups -OCH3 is 2. The van der Waals surface area contributed by atoms with Gasteiger partial charge in [-0.1, -0.05) is 11.6 Å². The smallest absolute Gasteiger partial charge is 0.226 e. The topological polar surface area (TPSA) is 80.8 Å². The number of aromatic nitrogens is 1. The van der Waals surface area contributed by atoms with Gasteiger partial charge in [-0.15, -0.1) is 0 Å². The second kappa shape index (κ2) is 9.78. The normalized spacial score (nSPS) is 10.2. The number of hydrogen-bond acceptors (Lipinski definition) is 5. The Morgan fingerprint density at radius 2 is 1.81 bits per heavy atom. The van der Waals surface area contributed by atoms with Crippen LogP contribution in [0, 0.1) is 0 Å². The molecule has 1 heterocycles. The van der Waals surface area contributed by atoms with E-state index in [0.29, 0.717) is 28.8 Å². The third kappa shape index (κ3) is 5.86. The number of pyridine rings is 1. The van der Waals surface area contributed by atoms with Crippen LogP contribution in [0.1, 0.15) is 18.9 Å². The van der Waals surface area contributed by atoms with Gasteiger partial charge in [-0.25, -0.2) is 0 Å². The SMILES string of the molecule is COc1cc(NC(=O)CCN(Cc2ccncc2)C(C)=O)c(OC)cc1Cl. The Hall–Kier alpha value is -2.80. The minimum absolute atomic E-state index is 0.106. The molecule has 0 fully saturated rings. The molecule has 2 rings (SSSR count). The van der Waals surface area contributed by atoms with Crippen molar-refractivity contribution in [2.24, 2.45) is 0 Å². The van der Waals surface area contributed by atoms with E-state index in [-0.39, 0.29) is 24.8 Å². The molecule has 0 spiro atoms. The molecule has 1 N–H and O–H groups in total. The third-order valence-corrected chi connectivity index (χ3v) is 4.22. The minimum atomic E-state index is -0.251. The Morgan fingerprint density at radius 1 is 1.15 bits per heavy atom. The first-order valence-electron chi connectivity index (χ1n) is 8.30. The van der Waals surface area contributed by atoms with Crippen LogP contribution in [0.3, 0.4) is 0 Å². The molecule has 0 atom stereocenters. The molecule has 1 aromatic heterocycles. The van der Waals surface area contributed by atoms with E-state index < -0.39 is 0 Å². The van der Waals surface area contributed by atoms with Crippen LogP contribution in [0.2, 0.25) is 5.02 Å². The maximum absolute atomic E-state index is 12.4. The minimum Gasteiger partial charge on any atom is -0.495 e. The number of rotatable bonds is 8. The predicted octanol–water partition coefficient (Wildman–Crippen LogP) is 3.13. The molecule has 0 saturated heterocycles. The van der Waals surface area contributed by atoms with E-state index in [2.05, 4.69) is 10.3 Å². The maximum Gasteiger partial charge on any atom is 0.226 e. The van der Waals surface area contributed by atoms with E-state index in [1.807, 2.05) is 12.1 Å². The zero-order valence-electron chi connectivity index (χ0n) is 15.5. The molecule has 1 aromatic carbocycles. The van der Waals surface area contributed by atoms with E-state index in [1.165, 1.54) is 21.1 Å². The van der Waals surface area contributed by atoms with E-state index in [9.17, 15) is 9.59 Å². The van der Waals surface area contributed by atoms with Gasteiger partial charge in [0, 0.05) is 51.0 Å².